The topological polar surface area (TPSA) is 76.2 Å². The van der Waals surface area contributed by atoms with Crippen molar-refractivity contribution in [3.8, 4) is 10.8 Å². The Morgan fingerprint density at radius 2 is 2.30 bits per heavy atom. The molecule has 0 radical (unpaired) electrons. The normalized spacial score (nSPS) is 11.2. The van der Waals surface area contributed by atoms with Gasteiger partial charge in [-0.1, -0.05) is 0 Å². The monoisotopic (exact) mass is 304 g/mol. The van der Waals surface area contributed by atoms with E-state index in [9.17, 15) is 4.79 Å². The first-order valence-electron chi connectivity index (χ1n) is 5.59. The molecular formula is C13H8N2O3S2. The van der Waals surface area contributed by atoms with Gasteiger partial charge in [0.25, 0.3) is 0 Å². The average molecular weight is 304 g/mol. The second kappa shape index (κ2) is 5.40. The Morgan fingerprint density at radius 1 is 1.40 bits per heavy atom. The van der Waals surface area contributed by atoms with Crippen molar-refractivity contribution in [2.45, 2.75) is 0 Å². The van der Waals surface area contributed by atoms with E-state index in [2.05, 4.69) is 9.97 Å². The fraction of sp³-hybridized carbons (Fsp3) is 0. The van der Waals surface area contributed by atoms with Gasteiger partial charge in [0.15, 0.2) is 16.5 Å². The second-order valence-electron chi connectivity index (χ2n) is 3.75. The molecule has 100 valence electrons. The Bertz CT molecular complexity index is 756. The third kappa shape index (κ3) is 2.68. The molecule has 0 saturated heterocycles. The largest absolute Gasteiger partial charge is 0.476 e. The molecule has 0 aromatic carbocycles. The highest BCUT2D eigenvalue weighted by molar-refractivity contribution is 7.16. The minimum Gasteiger partial charge on any atom is -0.476 e. The highest BCUT2D eigenvalue weighted by Gasteiger charge is 2.07. The average Bonchev–Trinajstić information content (AvgIpc) is 3.17. The van der Waals surface area contributed by atoms with Crippen LogP contribution in [0.15, 0.2) is 34.4 Å². The van der Waals surface area contributed by atoms with Gasteiger partial charge in [0.05, 0.1) is 6.26 Å². The number of carbonyl (C=O) groups is 1. The molecule has 0 aliphatic rings. The third-order valence-corrected chi connectivity index (χ3v) is 4.17. The molecule has 1 N–H and O–H groups in total. The summed E-state index contributed by atoms with van der Waals surface area (Å²) >= 11 is 2.78. The van der Waals surface area contributed by atoms with E-state index in [1.807, 2.05) is 18.2 Å². The van der Waals surface area contributed by atoms with Crippen molar-refractivity contribution < 1.29 is 14.3 Å². The lowest BCUT2D eigenvalue weighted by Crippen LogP contribution is -1.95. The smallest absolute Gasteiger partial charge is 0.355 e. The predicted molar refractivity (Wildman–Crippen MR) is 77.8 cm³/mol. The summed E-state index contributed by atoms with van der Waals surface area (Å²) < 4.78 is 5.27. The molecule has 3 rings (SSSR count). The van der Waals surface area contributed by atoms with Crippen molar-refractivity contribution in [2.24, 2.45) is 0 Å². The van der Waals surface area contributed by atoms with Crippen molar-refractivity contribution in [1.29, 1.82) is 0 Å². The van der Waals surface area contributed by atoms with Gasteiger partial charge < -0.3 is 9.52 Å². The van der Waals surface area contributed by atoms with Gasteiger partial charge >= 0.3 is 5.97 Å². The zero-order valence-electron chi connectivity index (χ0n) is 10.0. The summed E-state index contributed by atoms with van der Waals surface area (Å²) in [5.41, 5.74) is 0.0650. The Hall–Kier alpha value is -2.25. The van der Waals surface area contributed by atoms with Crippen molar-refractivity contribution >= 4 is 40.8 Å². The van der Waals surface area contributed by atoms with E-state index in [-0.39, 0.29) is 5.69 Å². The maximum absolute atomic E-state index is 10.7. The van der Waals surface area contributed by atoms with E-state index < -0.39 is 5.97 Å². The molecule has 3 aromatic rings. The van der Waals surface area contributed by atoms with Crippen molar-refractivity contribution in [1.82, 2.24) is 9.97 Å². The number of nitrogens with zero attached hydrogens (tertiary/aromatic N) is 2. The maximum Gasteiger partial charge on any atom is 0.355 e. The van der Waals surface area contributed by atoms with Crippen LogP contribution in [0, 0.1) is 0 Å². The van der Waals surface area contributed by atoms with Crippen LogP contribution in [-0.2, 0) is 0 Å². The molecule has 3 aromatic heterocycles. The minimum absolute atomic E-state index is 0.0650. The molecule has 7 heteroatoms. The molecular weight excluding hydrogens is 296 g/mol. The van der Waals surface area contributed by atoms with Crippen molar-refractivity contribution in [3.05, 3.63) is 45.6 Å². The number of carboxylic acids is 1. The summed E-state index contributed by atoms with van der Waals surface area (Å²) in [6.07, 6.45) is 6.98. The summed E-state index contributed by atoms with van der Waals surface area (Å²) in [6.45, 7) is 0. The number of aromatic nitrogens is 2. The fourth-order valence-corrected chi connectivity index (χ4v) is 2.96. The minimum atomic E-state index is -1.02. The maximum atomic E-state index is 10.7. The number of hydrogen-bond acceptors (Lipinski definition) is 6. The van der Waals surface area contributed by atoms with Gasteiger partial charge in [-0.3, -0.25) is 0 Å². The molecule has 0 saturated carbocycles. The van der Waals surface area contributed by atoms with Crippen LogP contribution in [0.2, 0.25) is 0 Å². The molecule has 20 heavy (non-hydrogen) atoms. The van der Waals surface area contributed by atoms with E-state index in [1.165, 1.54) is 28.1 Å². The summed E-state index contributed by atoms with van der Waals surface area (Å²) in [6, 6.07) is 3.67. The number of carboxylic acid groups (broad SMARTS) is 1. The van der Waals surface area contributed by atoms with E-state index in [1.54, 1.807) is 18.5 Å². The first kappa shape index (κ1) is 12.8. The molecule has 0 aliphatic heterocycles. The molecule has 5 nitrogen and oxygen atoms in total. The van der Waals surface area contributed by atoms with Crippen LogP contribution in [0.25, 0.3) is 22.9 Å². The molecule has 0 fully saturated rings. The lowest BCUT2D eigenvalue weighted by Gasteiger charge is -1.85. The zero-order valence-corrected chi connectivity index (χ0v) is 11.6. The Labute approximate surface area is 121 Å². The molecule has 0 atom stereocenters. The van der Waals surface area contributed by atoms with E-state index >= 15 is 0 Å². The fourth-order valence-electron chi connectivity index (χ4n) is 1.49. The highest BCUT2D eigenvalue weighted by atomic mass is 32.1. The van der Waals surface area contributed by atoms with Crippen LogP contribution in [-0.4, -0.2) is 21.0 Å². The van der Waals surface area contributed by atoms with Crippen LogP contribution in [0.1, 0.15) is 20.4 Å². The molecule has 0 unspecified atom stereocenters. The number of furan rings is 1. The van der Waals surface area contributed by atoms with Crippen LogP contribution in [0.3, 0.4) is 0 Å². The van der Waals surface area contributed by atoms with Crippen molar-refractivity contribution in [3.63, 3.8) is 0 Å². The van der Waals surface area contributed by atoms with Gasteiger partial charge in [0, 0.05) is 16.5 Å². The Balaban J connectivity index is 1.77. The SMILES string of the molecule is O=C(O)c1csc(/C=C/c2cnc(-c3ccco3)s2)n1. The van der Waals surface area contributed by atoms with Crippen LogP contribution >= 0.6 is 22.7 Å². The highest BCUT2D eigenvalue weighted by Crippen LogP contribution is 2.26. The summed E-state index contributed by atoms with van der Waals surface area (Å²) in [7, 11) is 0. The quantitative estimate of drug-likeness (QED) is 0.794. The Morgan fingerprint density at radius 3 is 3.00 bits per heavy atom. The van der Waals surface area contributed by atoms with Crippen LogP contribution in [0.4, 0.5) is 0 Å². The van der Waals surface area contributed by atoms with Gasteiger partial charge in [-0.2, -0.15) is 0 Å². The first-order valence-corrected chi connectivity index (χ1v) is 7.28. The lowest BCUT2D eigenvalue weighted by molar-refractivity contribution is 0.0691. The van der Waals surface area contributed by atoms with Gasteiger partial charge in [-0.15, -0.1) is 22.7 Å². The molecule has 0 bridgehead atoms. The van der Waals surface area contributed by atoms with Gasteiger partial charge in [0.2, 0.25) is 0 Å². The van der Waals surface area contributed by atoms with Gasteiger partial charge in [-0.25, -0.2) is 14.8 Å². The molecule has 0 spiro atoms. The first-order chi connectivity index (χ1) is 9.72. The number of hydrogen-bond donors (Lipinski definition) is 1. The zero-order chi connectivity index (χ0) is 13.9. The standard InChI is InChI=1S/C13H8N2O3S2/c16-13(17)9-7-19-11(15-9)4-3-8-6-14-12(20-8)10-2-1-5-18-10/h1-7H,(H,16,17)/b4-3+. The number of thiazole rings is 2. The number of aromatic carboxylic acids is 1. The van der Waals surface area contributed by atoms with E-state index in [0.717, 1.165) is 15.6 Å². The lowest BCUT2D eigenvalue weighted by atomic mass is 10.4. The van der Waals surface area contributed by atoms with Crippen LogP contribution < -0.4 is 0 Å². The Kier molecular flexibility index (Phi) is 3.44. The predicted octanol–water partition coefficient (Wildman–Crippen LogP) is 3.73. The van der Waals surface area contributed by atoms with Gasteiger partial charge in [0.1, 0.15) is 5.01 Å². The van der Waals surface area contributed by atoms with Gasteiger partial charge in [-0.05, 0) is 24.3 Å². The third-order valence-electron chi connectivity index (χ3n) is 2.39. The molecule has 3 heterocycles. The number of rotatable bonds is 4. The summed E-state index contributed by atoms with van der Waals surface area (Å²) in [5.74, 6) is -0.282. The molecule has 0 amide bonds. The van der Waals surface area contributed by atoms with E-state index in [0.29, 0.717) is 5.01 Å². The second-order valence-corrected chi connectivity index (χ2v) is 5.71. The van der Waals surface area contributed by atoms with Crippen LogP contribution in [0.5, 0.6) is 0 Å². The van der Waals surface area contributed by atoms with E-state index in [4.69, 9.17) is 9.52 Å². The summed E-state index contributed by atoms with van der Waals surface area (Å²) in [4.78, 5) is 19.9. The summed E-state index contributed by atoms with van der Waals surface area (Å²) in [5, 5.41) is 11.8. The molecule has 0 aliphatic carbocycles. The van der Waals surface area contributed by atoms with Crippen molar-refractivity contribution in [2.75, 3.05) is 0 Å².